The molecule has 1 saturated carbocycles. The molecule has 2 unspecified atom stereocenters. The summed E-state index contributed by atoms with van der Waals surface area (Å²) in [4.78, 5) is 31.7. The lowest BCUT2D eigenvalue weighted by molar-refractivity contribution is -0.137. The first-order valence-electron chi connectivity index (χ1n) is 9.32. The third-order valence-corrected chi connectivity index (χ3v) is 5.85. The predicted molar refractivity (Wildman–Crippen MR) is 94.1 cm³/mol. The molecular formula is C18H25N5O2. The number of aryl methyl sites for hydroxylation is 2. The van der Waals surface area contributed by atoms with Crippen molar-refractivity contribution in [3.63, 3.8) is 0 Å². The number of hydrogen-bond donors (Lipinski definition) is 0. The van der Waals surface area contributed by atoms with Crippen LogP contribution in [0.5, 0.6) is 0 Å². The van der Waals surface area contributed by atoms with E-state index in [0.29, 0.717) is 36.0 Å². The highest BCUT2D eigenvalue weighted by molar-refractivity contribution is 5.77. The summed E-state index contributed by atoms with van der Waals surface area (Å²) in [6.07, 6.45) is 10.7. The van der Waals surface area contributed by atoms with E-state index in [4.69, 9.17) is 0 Å². The Hall–Kier alpha value is -2.18. The lowest BCUT2D eigenvalue weighted by Gasteiger charge is -2.44. The van der Waals surface area contributed by atoms with Crippen molar-refractivity contribution in [1.82, 2.24) is 24.2 Å². The van der Waals surface area contributed by atoms with E-state index in [1.807, 2.05) is 0 Å². The number of aromatic nitrogens is 4. The maximum atomic E-state index is 12.8. The molecule has 2 atom stereocenters. The maximum Gasteiger partial charge on any atom is 0.264 e. The van der Waals surface area contributed by atoms with Crippen molar-refractivity contribution in [3.8, 4) is 0 Å². The molecule has 0 N–H and O–H groups in total. The molecule has 3 heterocycles. The Morgan fingerprint density at radius 3 is 2.92 bits per heavy atom. The Kier molecular flexibility index (Phi) is 4.31. The fourth-order valence-electron chi connectivity index (χ4n) is 4.52. The molecule has 7 heteroatoms. The van der Waals surface area contributed by atoms with Gasteiger partial charge in [-0.3, -0.25) is 18.8 Å². The van der Waals surface area contributed by atoms with Crippen molar-refractivity contribution >= 4 is 16.9 Å². The first-order chi connectivity index (χ1) is 12.1. The molecule has 25 heavy (non-hydrogen) atoms. The third-order valence-electron chi connectivity index (χ3n) is 5.85. The van der Waals surface area contributed by atoms with Crippen LogP contribution in [0.4, 0.5) is 0 Å². The quantitative estimate of drug-likeness (QED) is 0.850. The van der Waals surface area contributed by atoms with Gasteiger partial charge in [0.25, 0.3) is 5.56 Å². The summed E-state index contributed by atoms with van der Waals surface area (Å²) in [7, 11) is 1.76. The largest absolute Gasteiger partial charge is 0.339 e. The standard InChI is InChI=1S/C18H25N5O2/c1-21-17-14(11-20-21)18(25)22(12-19-17)10-8-16(24)23-9-4-6-13-5-2-3-7-15(13)23/h11-13,15H,2-10H2,1H3. The molecule has 4 rings (SSSR count). The van der Waals surface area contributed by atoms with Crippen molar-refractivity contribution in [1.29, 1.82) is 0 Å². The van der Waals surface area contributed by atoms with Crippen LogP contribution >= 0.6 is 0 Å². The number of piperidine rings is 1. The Labute approximate surface area is 146 Å². The highest BCUT2D eigenvalue weighted by atomic mass is 16.2. The number of hydrogen-bond acceptors (Lipinski definition) is 4. The van der Waals surface area contributed by atoms with Crippen molar-refractivity contribution in [3.05, 3.63) is 22.9 Å². The minimum Gasteiger partial charge on any atom is -0.339 e. The smallest absolute Gasteiger partial charge is 0.264 e. The molecule has 1 aliphatic heterocycles. The summed E-state index contributed by atoms with van der Waals surface area (Å²) >= 11 is 0. The van der Waals surface area contributed by atoms with Gasteiger partial charge in [-0.15, -0.1) is 0 Å². The van der Waals surface area contributed by atoms with Crippen LogP contribution in [-0.4, -0.2) is 42.7 Å². The van der Waals surface area contributed by atoms with Gasteiger partial charge in [-0.05, 0) is 31.6 Å². The average molecular weight is 343 g/mol. The van der Waals surface area contributed by atoms with E-state index in [2.05, 4.69) is 15.0 Å². The molecule has 2 aliphatic rings. The van der Waals surface area contributed by atoms with Crippen molar-refractivity contribution in [2.24, 2.45) is 13.0 Å². The Balaban J connectivity index is 1.46. The van der Waals surface area contributed by atoms with E-state index in [-0.39, 0.29) is 11.5 Å². The van der Waals surface area contributed by atoms with E-state index in [1.54, 1.807) is 17.9 Å². The molecule has 2 fully saturated rings. The summed E-state index contributed by atoms with van der Waals surface area (Å²) < 4.78 is 3.12. The highest BCUT2D eigenvalue weighted by Gasteiger charge is 2.35. The fourth-order valence-corrected chi connectivity index (χ4v) is 4.52. The van der Waals surface area contributed by atoms with Crippen LogP contribution in [-0.2, 0) is 18.4 Å². The lowest BCUT2D eigenvalue weighted by Crippen LogP contribution is -2.49. The summed E-state index contributed by atoms with van der Waals surface area (Å²) in [6, 6.07) is 0.422. The number of rotatable bonds is 3. The Morgan fingerprint density at radius 1 is 1.24 bits per heavy atom. The van der Waals surface area contributed by atoms with Gasteiger partial charge in [0, 0.05) is 32.6 Å². The van der Waals surface area contributed by atoms with E-state index in [0.717, 1.165) is 19.4 Å². The van der Waals surface area contributed by atoms with Crippen LogP contribution in [0.2, 0.25) is 0 Å². The molecular weight excluding hydrogens is 318 g/mol. The van der Waals surface area contributed by atoms with Crippen LogP contribution in [0.3, 0.4) is 0 Å². The van der Waals surface area contributed by atoms with Gasteiger partial charge in [0.1, 0.15) is 5.39 Å². The number of likely N-dealkylation sites (tertiary alicyclic amines) is 1. The molecule has 2 aromatic heterocycles. The zero-order valence-electron chi connectivity index (χ0n) is 14.7. The average Bonchev–Trinajstić information content (AvgIpc) is 3.02. The van der Waals surface area contributed by atoms with Crippen LogP contribution in [0, 0.1) is 5.92 Å². The van der Waals surface area contributed by atoms with Gasteiger partial charge < -0.3 is 4.90 Å². The van der Waals surface area contributed by atoms with Crippen LogP contribution in [0.1, 0.15) is 44.9 Å². The van der Waals surface area contributed by atoms with Crippen LogP contribution < -0.4 is 5.56 Å². The highest BCUT2D eigenvalue weighted by Crippen LogP contribution is 2.35. The van der Waals surface area contributed by atoms with Gasteiger partial charge >= 0.3 is 0 Å². The lowest BCUT2D eigenvalue weighted by atomic mass is 9.78. The van der Waals surface area contributed by atoms with Crippen molar-refractivity contribution in [2.75, 3.05) is 6.54 Å². The third kappa shape index (κ3) is 2.96. The number of fused-ring (bicyclic) bond motifs is 2. The molecule has 1 saturated heterocycles. The summed E-state index contributed by atoms with van der Waals surface area (Å²) in [5.41, 5.74) is 0.453. The molecule has 1 aliphatic carbocycles. The van der Waals surface area contributed by atoms with Crippen molar-refractivity contribution < 1.29 is 4.79 Å². The van der Waals surface area contributed by atoms with E-state index in [1.165, 1.54) is 36.6 Å². The zero-order valence-corrected chi connectivity index (χ0v) is 14.7. The van der Waals surface area contributed by atoms with Gasteiger partial charge in [0.15, 0.2) is 5.65 Å². The molecule has 1 amide bonds. The summed E-state index contributed by atoms with van der Waals surface area (Å²) in [6.45, 7) is 1.25. The first kappa shape index (κ1) is 16.3. The second-order valence-electron chi connectivity index (χ2n) is 7.34. The topological polar surface area (TPSA) is 73.0 Å². The van der Waals surface area contributed by atoms with Gasteiger partial charge in [-0.1, -0.05) is 12.8 Å². The number of carbonyl (C=O) groups is 1. The van der Waals surface area contributed by atoms with E-state index >= 15 is 0 Å². The van der Waals surface area contributed by atoms with Gasteiger partial charge in [-0.2, -0.15) is 5.10 Å². The molecule has 2 aromatic rings. The predicted octanol–water partition coefficient (Wildman–Crippen LogP) is 1.70. The molecule has 0 radical (unpaired) electrons. The molecule has 0 spiro atoms. The summed E-state index contributed by atoms with van der Waals surface area (Å²) in [5, 5.41) is 4.58. The van der Waals surface area contributed by atoms with Crippen LogP contribution in [0.25, 0.3) is 11.0 Å². The normalized spacial score (nSPS) is 23.6. The molecule has 0 aromatic carbocycles. The number of amides is 1. The fraction of sp³-hybridized carbons (Fsp3) is 0.667. The monoisotopic (exact) mass is 343 g/mol. The molecule has 0 bridgehead atoms. The van der Waals surface area contributed by atoms with E-state index < -0.39 is 0 Å². The van der Waals surface area contributed by atoms with Gasteiger partial charge in [0.2, 0.25) is 5.91 Å². The van der Waals surface area contributed by atoms with Crippen molar-refractivity contribution in [2.45, 2.75) is 57.5 Å². The molecule has 134 valence electrons. The van der Waals surface area contributed by atoms with Gasteiger partial charge in [-0.25, -0.2) is 4.98 Å². The molecule has 7 nitrogen and oxygen atoms in total. The summed E-state index contributed by atoms with van der Waals surface area (Å²) in [5.74, 6) is 0.859. The number of nitrogens with zero attached hydrogens (tertiary/aromatic N) is 5. The second-order valence-corrected chi connectivity index (χ2v) is 7.34. The minimum atomic E-state index is -0.125. The van der Waals surface area contributed by atoms with E-state index in [9.17, 15) is 9.59 Å². The van der Waals surface area contributed by atoms with Crippen LogP contribution in [0.15, 0.2) is 17.3 Å². The zero-order chi connectivity index (χ0) is 17.4. The second kappa shape index (κ2) is 6.61. The SMILES string of the molecule is Cn1ncc2c(=O)n(CCC(=O)N3CCCC4CCCCC43)cnc21. The maximum absolute atomic E-state index is 12.8. The minimum absolute atomic E-state index is 0.125. The Bertz CT molecular complexity index is 838. The first-order valence-corrected chi connectivity index (χ1v) is 9.32. The number of carbonyl (C=O) groups excluding carboxylic acids is 1. The Morgan fingerprint density at radius 2 is 2.04 bits per heavy atom. The van der Waals surface area contributed by atoms with Gasteiger partial charge in [0.05, 0.1) is 12.5 Å².